The number of halogens is 1. The normalized spacial score (nSPS) is 10.6. The Balaban J connectivity index is 1.50. The highest BCUT2D eigenvalue weighted by Gasteiger charge is 2.13. The molecule has 4 rings (SSSR count). The van der Waals surface area contributed by atoms with Crippen LogP contribution in [0.15, 0.2) is 77.4 Å². The molecule has 132 valence electrons. The van der Waals surface area contributed by atoms with E-state index in [1.165, 1.54) is 0 Å². The quantitative estimate of drug-likeness (QED) is 0.558. The molecule has 1 N–H and O–H groups in total. The molecule has 0 fully saturated rings. The molecule has 0 bridgehead atoms. The number of pyridine rings is 1. The van der Waals surface area contributed by atoms with Crippen LogP contribution < -0.4 is 5.32 Å². The number of carbonyl (C=O) groups excluding carboxylic acids is 1. The molecule has 0 atom stereocenters. The Kier molecular flexibility index (Phi) is 4.63. The highest BCUT2D eigenvalue weighted by Crippen LogP contribution is 2.23. The van der Waals surface area contributed by atoms with Crippen molar-refractivity contribution in [2.45, 2.75) is 0 Å². The number of benzene rings is 2. The third-order valence-electron chi connectivity index (χ3n) is 3.83. The van der Waals surface area contributed by atoms with E-state index in [1.807, 2.05) is 18.2 Å². The van der Waals surface area contributed by atoms with Gasteiger partial charge in [0.15, 0.2) is 0 Å². The summed E-state index contributed by atoms with van der Waals surface area (Å²) in [7, 11) is 0. The summed E-state index contributed by atoms with van der Waals surface area (Å²) >= 11 is 6.05. The summed E-state index contributed by atoms with van der Waals surface area (Å²) in [6, 6.07) is 19.5. The van der Waals surface area contributed by atoms with Crippen LogP contribution in [0.1, 0.15) is 10.4 Å². The van der Waals surface area contributed by atoms with Crippen LogP contribution in [-0.2, 0) is 0 Å². The molecule has 0 spiro atoms. The molecule has 2 aromatic carbocycles. The predicted octanol–water partition coefficient (Wildman–Crippen LogP) is 4.70. The molecule has 1 amide bonds. The van der Waals surface area contributed by atoms with Gasteiger partial charge in [-0.1, -0.05) is 35.0 Å². The average molecular weight is 377 g/mol. The smallest absolute Gasteiger partial charge is 0.258 e. The van der Waals surface area contributed by atoms with Crippen LogP contribution >= 0.6 is 11.6 Å². The van der Waals surface area contributed by atoms with E-state index in [9.17, 15) is 4.79 Å². The number of amides is 1. The third kappa shape index (κ3) is 3.70. The Bertz CT molecular complexity index is 1080. The minimum absolute atomic E-state index is 0.274. The summed E-state index contributed by atoms with van der Waals surface area (Å²) in [5.41, 5.74) is 2.42. The standard InChI is InChI=1S/C20H13ClN4O2/c21-16-6-2-1-5-15(16)19(26)23-14-10-8-13(9-11-14)20-24-18(25-27-20)17-7-3-4-12-22-17/h1-12H,(H,23,26). The number of carbonyl (C=O) groups is 1. The largest absolute Gasteiger partial charge is 0.334 e. The fraction of sp³-hybridized carbons (Fsp3) is 0. The van der Waals surface area contributed by atoms with Gasteiger partial charge in [-0.15, -0.1) is 0 Å². The van der Waals surface area contributed by atoms with Gasteiger partial charge in [-0.25, -0.2) is 0 Å². The number of anilines is 1. The molecule has 0 aliphatic rings. The second kappa shape index (κ2) is 7.39. The number of nitrogens with zero attached hydrogens (tertiary/aromatic N) is 3. The summed E-state index contributed by atoms with van der Waals surface area (Å²) in [5.74, 6) is 0.518. The Morgan fingerprint density at radius 2 is 1.74 bits per heavy atom. The number of rotatable bonds is 4. The average Bonchev–Trinajstić information content (AvgIpc) is 3.20. The molecule has 2 heterocycles. The van der Waals surface area contributed by atoms with Crippen LogP contribution in [0, 0.1) is 0 Å². The van der Waals surface area contributed by atoms with Crippen molar-refractivity contribution >= 4 is 23.2 Å². The van der Waals surface area contributed by atoms with Crippen molar-refractivity contribution in [3.63, 3.8) is 0 Å². The van der Waals surface area contributed by atoms with Gasteiger partial charge in [-0.3, -0.25) is 9.78 Å². The maximum absolute atomic E-state index is 12.3. The highest BCUT2D eigenvalue weighted by atomic mass is 35.5. The topological polar surface area (TPSA) is 80.9 Å². The van der Waals surface area contributed by atoms with Crippen molar-refractivity contribution in [2.24, 2.45) is 0 Å². The van der Waals surface area contributed by atoms with E-state index in [2.05, 4.69) is 20.4 Å². The molecule has 0 aliphatic carbocycles. The highest BCUT2D eigenvalue weighted by molar-refractivity contribution is 6.34. The first-order valence-corrected chi connectivity index (χ1v) is 8.50. The minimum atomic E-state index is -0.274. The van der Waals surface area contributed by atoms with Gasteiger partial charge in [0.05, 0.1) is 10.6 Å². The SMILES string of the molecule is O=C(Nc1ccc(-c2nc(-c3ccccn3)no2)cc1)c1ccccc1Cl. The zero-order valence-electron chi connectivity index (χ0n) is 14.0. The lowest BCUT2D eigenvalue weighted by Gasteiger charge is -2.06. The van der Waals surface area contributed by atoms with Crippen LogP contribution in [0.5, 0.6) is 0 Å². The van der Waals surface area contributed by atoms with Crippen molar-refractivity contribution in [1.29, 1.82) is 0 Å². The van der Waals surface area contributed by atoms with E-state index in [0.29, 0.717) is 33.7 Å². The zero-order valence-corrected chi connectivity index (χ0v) is 14.7. The second-order valence-electron chi connectivity index (χ2n) is 5.65. The van der Waals surface area contributed by atoms with E-state index in [-0.39, 0.29) is 5.91 Å². The van der Waals surface area contributed by atoms with Crippen LogP contribution in [0.4, 0.5) is 5.69 Å². The summed E-state index contributed by atoms with van der Waals surface area (Å²) in [4.78, 5) is 20.9. The fourth-order valence-electron chi connectivity index (χ4n) is 2.48. The Labute approximate surface area is 159 Å². The first-order valence-electron chi connectivity index (χ1n) is 8.12. The third-order valence-corrected chi connectivity index (χ3v) is 4.16. The number of aromatic nitrogens is 3. The molecule has 0 saturated carbocycles. The van der Waals surface area contributed by atoms with Crippen LogP contribution in [-0.4, -0.2) is 21.0 Å². The Morgan fingerprint density at radius 3 is 2.48 bits per heavy atom. The van der Waals surface area contributed by atoms with E-state index < -0.39 is 0 Å². The summed E-state index contributed by atoms with van der Waals surface area (Å²) < 4.78 is 5.31. The molecule has 0 radical (unpaired) electrons. The first-order chi connectivity index (χ1) is 13.2. The fourth-order valence-corrected chi connectivity index (χ4v) is 2.70. The number of nitrogens with one attached hydrogen (secondary N) is 1. The number of hydrogen-bond acceptors (Lipinski definition) is 5. The van der Waals surface area contributed by atoms with Gasteiger partial charge in [0.1, 0.15) is 5.69 Å². The van der Waals surface area contributed by atoms with Crippen molar-refractivity contribution < 1.29 is 9.32 Å². The molecule has 0 unspecified atom stereocenters. The van der Waals surface area contributed by atoms with Gasteiger partial charge in [-0.05, 0) is 48.5 Å². The van der Waals surface area contributed by atoms with Gasteiger partial charge >= 0.3 is 0 Å². The van der Waals surface area contributed by atoms with Crippen LogP contribution in [0.3, 0.4) is 0 Å². The molecule has 0 saturated heterocycles. The van der Waals surface area contributed by atoms with Gasteiger partial charge in [0.2, 0.25) is 5.82 Å². The van der Waals surface area contributed by atoms with Gasteiger partial charge in [-0.2, -0.15) is 4.98 Å². The molecular formula is C20H13ClN4O2. The van der Waals surface area contributed by atoms with E-state index in [1.54, 1.807) is 54.7 Å². The Hall–Kier alpha value is -3.51. The molecule has 27 heavy (non-hydrogen) atoms. The van der Waals surface area contributed by atoms with Crippen molar-refractivity contribution in [2.75, 3.05) is 5.32 Å². The van der Waals surface area contributed by atoms with Crippen LogP contribution in [0.25, 0.3) is 23.0 Å². The number of hydrogen-bond donors (Lipinski definition) is 1. The molecular weight excluding hydrogens is 364 g/mol. The minimum Gasteiger partial charge on any atom is -0.334 e. The maximum Gasteiger partial charge on any atom is 0.258 e. The van der Waals surface area contributed by atoms with E-state index in [0.717, 1.165) is 5.56 Å². The monoisotopic (exact) mass is 376 g/mol. The van der Waals surface area contributed by atoms with Gasteiger partial charge in [0.25, 0.3) is 11.8 Å². The molecule has 6 nitrogen and oxygen atoms in total. The van der Waals surface area contributed by atoms with E-state index >= 15 is 0 Å². The van der Waals surface area contributed by atoms with Crippen molar-refractivity contribution in [3.8, 4) is 23.0 Å². The molecule has 2 aromatic heterocycles. The first kappa shape index (κ1) is 16.9. The molecule has 7 heteroatoms. The van der Waals surface area contributed by atoms with Gasteiger partial charge in [0, 0.05) is 17.4 Å². The van der Waals surface area contributed by atoms with Crippen molar-refractivity contribution in [3.05, 3.63) is 83.5 Å². The van der Waals surface area contributed by atoms with Gasteiger partial charge < -0.3 is 9.84 Å². The lowest BCUT2D eigenvalue weighted by atomic mass is 10.2. The summed E-state index contributed by atoms with van der Waals surface area (Å²) in [6.45, 7) is 0. The molecule has 0 aliphatic heterocycles. The summed E-state index contributed by atoms with van der Waals surface area (Å²) in [5, 5.41) is 7.16. The van der Waals surface area contributed by atoms with Crippen molar-refractivity contribution in [1.82, 2.24) is 15.1 Å². The molecule has 4 aromatic rings. The predicted molar refractivity (Wildman–Crippen MR) is 102 cm³/mol. The second-order valence-corrected chi connectivity index (χ2v) is 6.06. The lowest BCUT2D eigenvalue weighted by Crippen LogP contribution is -2.12. The Morgan fingerprint density at radius 1 is 0.963 bits per heavy atom. The van der Waals surface area contributed by atoms with E-state index in [4.69, 9.17) is 16.1 Å². The lowest BCUT2D eigenvalue weighted by molar-refractivity contribution is 0.102. The maximum atomic E-state index is 12.3. The van der Waals surface area contributed by atoms with Crippen LogP contribution in [0.2, 0.25) is 5.02 Å². The zero-order chi connectivity index (χ0) is 18.6. The summed E-state index contributed by atoms with van der Waals surface area (Å²) in [6.07, 6.45) is 1.67.